The van der Waals surface area contributed by atoms with E-state index in [0.29, 0.717) is 6.04 Å². The minimum Gasteiger partial charge on any atom is -0.335 e. The quantitative estimate of drug-likeness (QED) is 0.791. The van der Waals surface area contributed by atoms with Gasteiger partial charge in [0.2, 0.25) is 0 Å². The van der Waals surface area contributed by atoms with Crippen LogP contribution < -0.4 is 5.32 Å². The Morgan fingerprint density at radius 1 is 1.37 bits per heavy atom. The number of nitrogens with one attached hydrogen (secondary N) is 1. The Hall–Kier alpha value is -0.880. The maximum atomic E-state index is 4.48. The molecule has 0 amide bonds. The number of aromatic nitrogens is 2. The van der Waals surface area contributed by atoms with E-state index in [1.54, 1.807) is 0 Å². The van der Waals surface area contributed by atoms with Gasteiger partial charge in [-0.3, -0.25) is 0 Å². The predicted octanol–water partition coefficient (Wildman–Crippen LogP) is 3.40. The molecule has 1 unspecified atom stereocenters. The predicted molar refractivity (Wildman–Crippen MR) is 87.2 cm³/mol. The summed E-state index contributed by atoms with van der Waals surface area (Å²) in [5, 5.41) is 3.56. The molecular formula is C15H20IN3. The highest BCUT2D eigenvalue weighted by atomic mass is 127. The molecule has 0 saturated heterocycles. The van der Waals surface area contributed by atoms with Crippen molar-refractivity contribution >= 4 is 22.6 Å². The lowest BCUT2D eigenvalue weighted by Crippen LogP contribution is -2.24. The lowest BCUT2D eigenvalue weighted by molar-refractivity contribution is 0.522. The van der Waals surface area contributed by atoms with Gasteiger partial charge in [0.25, 0.3) is 0 Å². The molecule has 19 heavy (non-hydrogen) atoms. The largest absolute Gasteiger partial charge is 0.335 e. The number of imidazole rings is 1. The number of halogens is 1. The number of hydrogen-bond acceptors (Lipinski definition) is 2. The fraction of sp³-hybridized carbons (Fsp3) is 0.400. The molecule has 1 heterocycles. The molecule has 0 aliphatic heterocycles. The zero-order valence-corrected chi connectivity index (χ0v) is 13.6. The first kappa shape index (κ1) is 14.5. The molecule has 2 rings (SSSR count). The van der Waals surface area contributed by atoms with Gasteiger partial charge in [-0.25, -0.2) is 4.98 Å². The van der Waals surface area contributed by atoms with Crippen LogP contribution in [0.2, 0.25) is 0 Å². The Labute approximate surface area is 128 Å². The molecule has 1 atom stereocenters. The fourth-order valence-electron chi connectivity index (χ4n) is 2.28. The van der Waals surface area contributed by atoms with Crippen LogP contribution in [0.25, 0.3) is 0 Å². The molecule has 1 N–H and O–H groups in total. The highest BCUT2D eigenvalue weighted by Crippen LogP contribution is 2.19. The molecule has 0 spiro atoms. The van der Waals surface area contributed by atoms with Gasteiger partial charge in [-0.1, -0.05) is 19.1 Å². The molecule has 1 aromatic heterocycles. The fourth-order valence-corrected chi connectivity index (χ4v) is 2.85. The van der Waals surface area contributed by atoms with Gasteiger partial charge in [-0.2, -0.15) is 0 Å². The maximum absolute atomic E-state index is 4.48. The Morgan fingerprint density at radius 2 is 2.21 bits per heavy atom. The van der Waals surface area contributed by atoms with Crippen LogP contribution in [0.4, 0.5) is 0 Å². The van der Waals surface area contributed by atoms with Gasteiger partial charge in [0.1, 0.15) is 5.82 Å². The third-order valence-electron chi connectivity index (χ3n) is 3.23. The number of rotatable bonds is 6. The molecular weight excluding hydrogens is 349 g/mol. The van der Waals surface area contributed by atoms with Crippen LogP contribution in [0.3, 0.4) is 0 Å². The van der Waals surface area contributed by atoms with Gasteiger partial charge in [0.15, 0.2) is 0 Å². The monoisotopic (exact) mass is 369 g/mol. The highest BCUT2D eigenvalue weighted by molar-refractivity contribution is 14.1. The third-order valence-corrected chi connectivity index (χ3v) is 3.90. The molecule has 0 aliphatic rings. The zero-order valence-electron chi connectivity index (χ0n) is 11.4. The van der Waals surface area contributed by atoms with E-state index in [0.717, 1.165) is 25.3 Å². The number of nitrogens with zero attached hydrogens (tertiary/aromatic N) is 2. The van der Waals surface area contributed by atoms with E-state index in [1.165, 1.54) is 9.13 Å². The average Bonchev–Trinajstić information content (AvgIpc) is 2.85. The number of hydrogen-bond donors (Lipinski definition) is 1. The molecule has 0 bridgehead atoms. The van der Waals surface area contributed by atoms with Crippen molar-refractivity contribution in [2.45, 2.75) is 32.9 Å². The number of aryl methyl sites for hydroxylation is 1. The van der Waals surface area contributed by atoms with Crippen molar-refractivity contribution in [3.8, 4) is 0 Å². The summed E-state index contributed by atoms with van der Waals surface area (Å²) in [6, 6.07) is 9.00. The molecule has 102 valence electrons. The van der Waals surface area contributed by atoms with E-state index >= 15 is 0 Å². The number of benzene rings is 1. The van der Waals surface area contributed by atoms with Crippen LogP contribution >= 0.6 is 22.6 Å². The minimum atomic E-state index is 0.326. The lowest BCUT2D eigenvalue weighted by Gasteiger charge is -2.19. The summed E-state index contributed by atoms with van der Waals surface area (Å²) < 4.78 is 3.48. The first-order valence-corrected chi connectivity index (χ1v) is 7.81. The smallest absolute Gasteiger partial charge is 0.110 e. The molecule has 0 aliphatic carbocycles. The third kappa shape index (κ3) is 3.79. The summed E-state index contributed by atoms with van der Waals surface area (Å²) in [4.78, 5) is 4.48. The Bertz CT molecular complexity index is 522. The summed E-state index contributed by atoms with van der Waals surface area (Å²) >= 11 is 2.36. The normalized spacial score (nSPS) is 12.6. The van der Waals surface area contributed by atoms with Crippen molar-refractivity contribution in [1.82, 2.24) is 14.9 Å². The van der Waals surface area contributed by atoms with Crippen LogP contribution in [0, 0.1) is 3.57 Å². The topological polar surface area (TPSA) is 29.9 Å². The van der Waals surface area contributed by atoms with E-state index in [9.17, 15) is 0 Å². The van der Waals surface area contributed by atoms with Gasteiger partial charge in [0, 0.05) is 35.0 Å². The van der Waals surface area contributed by atoms with E-state index < -0.39 is 0 Å². The van der Waals surface area contributed by atoms with E-state index in [2.05, 4.69) is 75.6 Å². The van der Waals surface area contributed by atoms with Gasteiger partial charge >= 0.3 is 0 Å². The Morgan fingerprint density at radius 3 is 2.89 bits per heavy atom. The highest BCUT2D eigenvalue weighted by Gasteiger charge is 2.14. The minimum absolute atomic E-state index is 0.326. The molecule has 0 fully saturated rings. The van der Waals surface area contributed by atoms with Crippen molar-refractivity contribution in [2.75, 3.05) is 6.54 Å². The molecule has 4 heteroatoms. The molecule has 2 aromatic rings. The van der Waals surface area contributed by atoms with Crippen molar-refractivity contribution in [3.05, 3.63) is 51.6 Å². The van der Waals surface area contributed by atoms with Crippen LogP contribution in [0.15, 0.2) is 36.7 Å². The zero-order chi connectivity index (χ0) is 13.7. The molecule has 3 nitrogen and oxygen atoms in total. The maximum Gasteiger partial charge on any atom is 0.110 e. The summed E-state index contributed by atoms with van der Waals surface area (Å²) in [5.41, 5.74) is 1.33. The second kappa shape index (κ2) is 7.05. The van der Waals surface area contributed by atoms with Crippen LogP contribution in [-0.4, -0.2) is 16.1 Å². The lowest BCUT2D eigenvalue weighted by atomic mass is 10.0. The van der Waals surface area contributed by atoms with Gasteiger partial charge in [-0.15, -0.1) is 0 Å². The first-order chi connectivity index (χ1) is 9.24. The van der Waals surface area contributed by atoms with E-state index in [1.807, 2.05) is 12.4 Å². The van der Waals surface area contributed by atoms with Crippen LogP contribution in [-0.2, 0) is 13.0 Å². The molecule has 1 aromatic carbocycles. The van der Waals surface area contributed by atoms with Crippen molar-refractivity contribution < 1.29 is 0 Å². The second-order valence-corrected chi connectivity index (χ2v) is 5.74. The van der Waals surface area contributed by atoms with E-state index in [-0.39, 0.29) is 0 Å². The van der Waals surface area contributed by atoms with E-state index in [4.69, 9.17) is 0 Å². The molecule has 0 radical (unpaired) electrons. The Balaban J connectivity index is 2.21. The summed E-state index contributed by atoms with van der Waals surface area (Å²) in [6.07, 6.45) is 4.86. The Kier molecular flexibility index (Phi) is 5.39. The van der Waals surface area contributed by atoms with Gasteiger partial charge < -0.3 is 9.88 Å². The van der Waals surface area contributed by atoms with Gasteiger partial charge in [-0.05, 0) is 53.8 Å². The summed E-state index contributed by atoms with van der Waals surface area (Å²) in [7, 11) is 0. The second-order valence-electron chi connectivity index (χ2n) is 4.50. The SMILES string of the molecule is CCNC(Cc1nccn1CC)c1cccc(I)c1. The first-order valence-electron chi connectivity index (χ1n) is 6.73. The standard InChI is InChI=1S/C15H20IN3/c1-3-17-14(12-6-5-7-13(16)10-12)11-15-18-8-9-19(15)4-2/h5-10,14,17H,3-4,11H2,1-2H3. The van der Waals surface area contributed by atoms with Gasteiger partial charge in [0.05, 0.1) is 0 Å². The molecule has 0 saturated carbocycles. The summed E-state index contributed by atoms with van der Waals surface area (Å²) in [6.45, 7) is 6.23. The van der Waals surface area contributed by atoms with Crippen molar-refractivity contribution in [3.63, 3.8) is 0 Å². The summed E-state index contributed by atoms with van der Waals surface area (Å²) in [5.74, 6) is 1.15. The van der Waals surface area contributed by atoms with Crippen molar-refractivity contribution in [1.29, 1.82) is 0 Å². The number of likely N-dealkylation sites (N-methyl/N-ethyl adjacent to an activating group) is 1. The van der Waals surface area contributed by atoms with Crippen LogP contribution in [0.5, 0.6) is 0 Å². The van der Waals surface area contributed by atoms with Crippen molar-refractivity contribution in [2.24, 2.45) is 0 Å². The van der Waals surface area contributed by atoms with Crippen LogP contribution in [0.1, 0.15) is 31.3 Å². The average molecular weight is 369 g/mol.